The highest BCUT2D eigenvalue weighted by Crippen LogP contribution is 1.85. The van der Waals surface area contributed by atoms with E-state index in [2.05, 4.69) is 5.32 Å². The summed E-state index contributed by atoms with van der Waals surface area (Å²) in [5.41, 5.74) is 0. The number of aliphatic carboxylic acids is 1. The second kappa shape index (κ2) is 5.77. The molecule has 0 amide bonds. The Morgan fingerprint density at radius 1 is 1.75 bits per heavy atom. The maximum atomic E-state index is 10.7. The number of rotatable bonds is 5. The average molecular weight is 191 g/mol. The molecule has 0 aromatic heterocycles. The number of nitrogens with one attached hydrogen (secondary N) is 1. The molecule has 0 saturated heterocycles. The fourth-order valence-corrected chi connectivity index (χ4v) is 1.48. The zero-order chi connectivity index (χ0) is 9.56. The lowest BCUT2D eigenvalue weighted by Gasteiger charge is -2.08. The van der Waals surface area contributed by atoms with Crippen LogP contribution in [0.1, 0.15) is 6.92 Å². The molecular weight excluding hydrogens is 178 g/mol. The van der Waals surface area contributed by atoms with Crippen molar-refractivity contribution in [3.8, 4) is 0 Å². The molecule has 0 aliphatic carbocycles. The van der Waals surface area contributed by atoms with E-state index in [-0.39, 0.29) is 6.04 Å². The summed E-state index contributed by atoms with van der Waals surface area (Å²) in [6.45, 7) is 1.84. The standard InChI is InChI=1S/C7H13NO3S/c1-6(5-12(2)11)8-4-3-7(9)10/h3-4,6,8H,5H2,1-2H3,(H,9,10)/b4-3+. The second-order valence-corrected chi connectivity index (χ2v) is 3.96. The Bertz CT molecular complexity index is 203. The van der Waals surface area contributed by atoms with E-state index in [0.29, 0.717) is 5.75 Å². The fraction of sp³-hybridized carbons (Fsp3) is 0.571. The van der Waals surface area contributed by atoms with Gasteiger partial charge in [-0.1, -0.05) is 0 Å². The van der Waals surface area contributed by atoms with Gasteiger partial charge in [0.1, 0.15) is 0 Å². The first-order valence-corrected chi connectivity index (χ1v) is 5.20. The second-order valence-electron chi connectivity index (χ2n) is 2.48. The minimum absolute atomic E-state index is 0.0337. The van der Waals surface area contributed by atoms with E-state index in [1.807, 2.05) is 6.92 Å². The predicted molar refractivity (Wildman–Crippen MR) is 48.3 cm³/mol. The van der Waals surface area contributed by atoms with Gasteiger partial charge in [0, 0.05) is 41.1 Å². The van der Waals surface area contributed by atoms with Gasteiger partial charge in [-0.15, -0.1) is 0 Å². The normalized spacial score (nSPS) is 15.8. The van der Waals surface area contributed by atoms with Crippen molar-refractivity contribution in [2.45, 2.75) is 13.0 Å². The van der Waals surface area contributed by atoms with Gasteiger partial charge in [-0.05, 0) is 6.92 Å². The van der Waals surface area contributed by atoms with Gasteiger partial charge in [0.15, 0.2) is 0 Å². The van der Waals surface area contributed by atoms with E-state index in [0.717, 1.165) is 6.08 Å². The molecule has 70 valence electrons. The Morgan fingerprint density at radius 2 is 2.33 bits per heavy atom. The van der Waals surface area contributed by atoms with Crippen LogP contribution in [-0.2, 0) is 15.6 Å². The summed E-state index contributed by atoms with van der Waals surface area (Å²) >= 11 is 0. The quantitative estimate of drug-likeness (QED) is 0.597. The summed E-state index contributed by atoms with van der Waals surface area (Å²) < 4.78 is 10.7. The fourth-order valence-electron chi connectivity index (χ4n) is 0.684. The number of carboxylic acids is 1. The SMILES string of the molecule is CC(CS(C)=O)N/C=C/C(=O)O. The third-order valence-electron chi connectivity index (χ3n) is 1.09. The van der Waals surface area contributed by atoms with Crippen LogP contribution >= 0.6 is 0 Å². The van der Waals surface area contributed by atoms with Crippen molar-refractivity contribution in [2.75, 3.05) is 12.0 Å². The molecule has 2 atom stereocenters. The summed E-state index contributed by atoms with van der Waals surface area (Å²) in [5, 5.41) is 11.0. The molecular formula is C7H13NO3S. The van der Waals surface area contributed by atoms with Crippen molar-refractivity contribution in [2.24, 2.45) is 0 Å². The van der Waals surface area contributed by atoms with Crippen molar-refractivity contribution in [3.05, 3.63) is 12.3 Å². The van der Waals surface area contributed by atoms with Crippen LogP contribution in [-0.4, -0.2) is 33.3 Å². The van der Waals surface area contributed by atoms with Gasteiger partial charge < -0.3 is 10.4 Å². The molecule has 0 bridgehead atoms. The first-order valence-electron chi connectivity index (χ1n) is 3.48. The van der Waals surface area contributed by atoms with Crippen LogP contribution in [0.15, 0.2) is 12.3 Å². The molecule has 0 spiro atoms. The van der Waals surface area contributed by atoms with E-state index in [4.69, 9.17) is 5.11 Å². The molecule has 0 aliphatic rings. The van der Waals surface area contributed by atoms with Gasteiger partial charge in [-0.25, -0.2) is 4.79 Å². The maximum absolute atomic E-state index is 10.7. The third-order valence-corrected chi connectivity index (χ3v) is 2.06. The monoisotopic (exact) mass is 191 g/mol. The highest BCUT2D eigenvalue weighted by Gasteiger charge is 2.00. The predicted octanol–water partition coefficient (Wildman–Crippen LogP) is -0.0587. The number of hydrogen-bond acceptors (Lipinski definition) is 3. The summed E-state index contributed by atoms with van der Waals surface area (Å²) in [6, 6.07) is 0.0337. The summed E-state index contributed by atoms with van der Waals surface area (Å²) in [5.74, 6) is -0.475. The van der Waals surface area contributed by atoms with E-state index in [1.165, 1.54) is 6.20 Å². The first kappa shape index (κ1) is 11.2. The Labute approximate surface area is 74.1 Å². The summed E-state index contributed by atoms with van der Waals surface area (Å²) in [7, 11) is -0.854. The van der Waals surface area contributed by atoms with Gasteiger partial charge in [-0.3, -0.25) is 4.21 Å². The Balaban J connectivity index is 3.63. The van der Waals surface area contributed by atoms with Crippen LogP contribution in [0.3, 0.4) is 0 Å². The maximum Gasteiger partial charge on any atom is 0.329 e. The highest BCUT2D eigenvalue weighted by atomic mass is 32.2. The zero-order valence-corrected chi connectivity index (χ0v) is 7.93. The van der Waals surface area contributed by atoms with Crippen molar-refractivity contribution in [1.29, 1.82) is 0 Å². The molecule has 12 heavy (non-hydrogen) atoms. The molecule has 4 nitrogen and oxygen atoms in total. The molecule has 0 saturated carbocycles. The Kier molecular flexibility index (Phi) is 5.36. The van der Waals surface area contributed by atoms with Gasteiger partial charge >= 0.3 is 5.97 Å². The smallest absolute Gasteiger partial charge is 0.329 e. The highest BCUT2D eigenvalue weighted by molar-refractivity contribution is 7.84. The third kappa shape index (κ3) is 7.27. The molecule has 0 aromatic carbocycles. The van der Waals surface area contributed by atoms with Crippen LogP contribution in [0, 0.1) is 0 Å². The average Bonchev–Trinajstić information content (AvgIpc) is 1.84. The van der Waals surface area contributed by atoms with Crippen LogP contribution in [0.25, 0.3) is 0 Å². The summed E-state index contributed by atoms with van der Waals surface area (Å²) in [6.07, 6.45) is 3.97. The van der Waals surface area contributed by atoms with Crippen molar-refractivity contribution in [3.63, 3.8) is 0 Å². The molecule has 0 aromatic rings. The lowest BCUT2D eigenvalue weighted by atomic mass is 10.4. The minimum Gasteiger partial charge on any atom is -0.478 e. The number of hydrogen-bond donors (Lipinski definition) is 2. The Morgan fingerprint density at radius 3 is 2.75 bits per heavy atom. The zero-order valence-electron chi connectivity index (χ0n) is 7.11. The first-order chi connectivity index (χ1) is 5.52. The molecule has 5 heteroatoms. The molecule has 0 radical (unpaired) electrons. The minimum atomic E-state index is -0.993. The van der Waals surface area contributed by atoms with Gasteiger partial charge in [0.2, 0.25) is 0 Å². The van der Waals surface area contributed by atoms with E-state index in [9.17, 15) is 9.00 Å². The molecule has 0 rings (SSSR count). The lowest BCUT2D eigenvalue weighted by molar-refractivity contribution is -0.131. The molecule has 2 unspecified atom stereocenters. The van der Waals surface area contributed by atoms with Crippen LogP contribution < -0.4 is 5.32 Å². The van der Waals surface area contributed by atoms with Crippen molar-refractivity contribution < 1.29 is 14.1 Å². The van der Waals surface area contributed by atoms with Crippen LogP contribution in [0.5, 0.6) is 0 Å². The number of carboxylic acid groups (broad SMARTS) is 1. The van der Waals surface area contributed by atoms with Crippen LogP contribution in [0.2, 0.25) is 0 Å². The lowest BCUT2D eigenvalue weighted by Crippen LogP contribution is -2.26. The molecule has 0 aliphatic heterocycles. The molecule has 2 N–H and O–H groups in total. The van der Waals surface area contributed by atoms with Gasteiger partial charge in [-0.2, -0.15) is 0 Å². The van der Waals surface area contributed by atoms with Gasteiger partial charge in [0.05, 0.1) is 0 Å². The summed E-state index contributed by atoms with van der Waals surface area (Å²) in [4.78, 5) is 10.0. The van der Waals surface area contributed by atoms with Crippen LogP contribution in [0.4, 0.5) is 0 Å². The number of carbonyl (C=O) groups is 1. The topological polar surface area (TPSA) is 66.4 Å². The largest absolute Gasteiger partial charge is 0.478 e. The van der Waals surface area contributed by atoms with E-state index in [1.54, 1.807) is 6.26 Å². The molecule has 0 heterocycles. The van der Waals surface area contributed by atoms with Crippen molar-refractivity contribution in [1.82, 2.24) is 5.32 Å². The van der Waals surface area contributed by atoms with Crippen molar-refractivity contribution >= 4 is 16.8 Å². The Hall–Kier alpha value is -0.840. The van der Waals surface area contributed by atoms with E-state index >= 15 is 0 Å². The van der Waals surface area contributed by atoms with Gasteiger partial charge in [0.25, 0.3) is 0 Å². The van der Waals surface area contributed by atoms with E-state index < -0.39 is 16.8 Å². The molecule has 0 fully saturated rings.